The Bertz CT molecular complexity index is 963. The van der Waals surface area contributed by atoms with Gasteiger partial charge in [0.25, 0.3) is 5.91 Å². The SMILES string of the molecule is Cc1nc2ccc(C(=O)N3CCCC(O)(Cc4nncn4C)C3)cc2o1. The Balaban J connectivity index is 1.54. The van der Waals surface area contributed by atoms with Gasteiger partial charge in [-0.25, -0.2) is 4.98 Å². The van der Waals surface area contributed by atoms with Gasteiger partial charge in [0.1, 0.15) is 17.7 Å². The molecule has 1 aromatic carbocycles. The van der Waals surface area contributed by atoms with Crippen molar-refractivity contribution in [3.63, 3.8) is 0 Å². The summed E-state index contributed by atoms with van der Waals surface area (Å²) >= 11 is 0. The van der Waals surface area contributed by atoms with Gasteiger partial charge >= 0.3 is 0 Å². The molecular formula is C18H21N5O3. The van der Waals surface area contributed by atoms with Crippen molar-refractivity contribution in [3.05, 3.63) is 41.8 Å². The topological polar surface area (TPSA) is 97.3 Å². The number of rotatable bonds is 3. The van der Waals surface area contributed by atoms with Crippen LogP contribution in [0, 0.1) is 6.92 Å². The standard InChI is InChI=1S/C18H21N5O3/c1-12-20-14-5-4-13(8-15(14)26-12)17(24)23-7-3-6-18(25,10-23)9-16-21-19-11-22(16)2/h4-5,8,11,25H,3,6-7,9-10H2,1-2H3. The van der Waals surface area contributed by atoms with Crippen LogP contribution in [0.25, 0.3) is 11.1 Å². The molecule has 1 unspecified atom stereocenters. The number of piperidine rings is 1. The number of benzene rings is 1. The van der Waals surface area contributed by atoms with Gasteiger partial charge in [0.2, 0.25) is 0 Å². The lowest BCUT2D eigenvalue weighted by atomic mass is 9.89. The molecule has 0 saturated carbocycles. The lowest BCUT2D eigenvalue weighted by Gasteiger charge is -2.39. The van der Waals surface area contributed by atoms with Crippen molar-refractivity contribution in [1.29, 1.82) is 0 Å². The predicted molar refractivity (Wildman–Crippen MR) is 93.5 cm³/mol. The van der Waals surface area contributed by atoms with E-state index in [0.717, 1.165) is 11.9 Å². The van der Waals surface area contributed by atoms with Crippen LogP contribution in [0.4, 0.5) is 0 Å². The van der Waals surface area contributed by atoms with Gasteiger partial charge in [0, 0.05) is 32.5 Å². The van der Waals surface area contributed by atoms with Gasteiger partial charge in [0.15, 0.2) is 11.5 Å². The molecule has 4 rings (SSSR count). The Hall–Kier alpha value is -2.74. The van der Waals surface area contributed by atoms with E-state index >= 15 is 0 Å². The molecule has 3 heterocycles. The fraction of sp³-hybridized carbons (Fsp3) is 0.444. The van der Waals surface area contributed by atoms with Crippen molar-refractivity contribution in [2.45, 2.75) is 31.8 Å². The van der Waals surface area contributed by atoms with Gasteiger partial charge < -0.3 is 19.0 Å². The average molecular weight is 355 g/mol. The van der Waals surface area contributed by atoms with E-state index in [1.807, 2.05) is 7.05 Å². The highest BCUT2D eigenvalue weighted by Gasteiger charge is 2.36. The van der Waals surface area contributed by atoms with Crippen molar-refractivity contribution in [3.8, 4) is 0 Å². The maximum atomic E-state index is 12.9. The minimum Gasteiger partial charge on any atom is -0.441 e. The molecule has 1 aliphatic rings. The molecule has 0 aliphatic carbocycles. The van der Waals surface area contributed by atoms with E-state index in [1.54, 1.807) is 40.9 Å². The molecule has 1 N–H and O–H groups in total. The highest BCUT2D eigenvalue weighted by molar-refractivity contribution is 5.97. The first-order valence-electron chi connectivity index (χ1n) is 8.65. The van der Waals surface area contributed by atoms with E-state index in [-0.39, 0.29) is 12.5 Å². The molecule has 3 aromatic rings. The third kappa shape index (κ3) is 3.08. The summed E-state index contributed by atoms with van der Waals surface area (Å²) in [5.74, 6) is 1.16. The highest BCUT2D eigenvalue weighted by atomic mass is 16.3. The second-order valence-corrected chi connectivity index (χ2v) is 7.00. The first-order chi connectivity index (χ1) is 12.4. The number of aromatic nitrogens is 4. The molecule has 1 amide bonds. The van der Waals surface area contributed by atoms with E-state index in [2.05, 4.69) is 15.2 Å². The van der Waals surface area contributed by atoms with Crippen molar-refractivity contribution < 1.29 is 14.3 Å². The molecule has 26 heavy (non-hydrogen) atoms. The van der Waals surface area contributed by atoms with Gasteiger partial charge in [-0.1, -0.05) is 0 Å². The van der Waals surface area contributed by atoms with Crippen molar-refractivity contribution in [2.75, 3.05) is 13.1 Å². The highest BCUT2D eigenvalue weighted by Crippen LogP contribution is 2.26. The third-order valence-corrected chi connectivity index (χ3v) is 4.88. The number of nitrogens with zero attached hydrogens (tertiary/aromatic N) is 5. The number of carbonyl (C=O) groups is 1. The number of fused-ring (bicyclic) bond motifs is 1. The number of aryl methyl sites for hydroxylation is 2. The summed E-state index contributed by atoms with van der Waals surface area (Å²) in [7, 11) is 1.85. The molecule has 0 spiro atoms. The van der Waals surface area contributed by atoms with Crippen LogP contribution in [0.1, 0.15) is 34.9 Å². The first kappa shape index (κ1) is 16.7. The maximum Gasteiger partial charge on any atom is 0.254 e. The van der Waals surface area contributed by atoms with Crippen LogP contribution in [-0.4, -0.2) is 54.4 Å². The van der Waals surface area contributed by atoms with Crippen LogP contribution < -0.4 is 0 Å². The molecule has 2 aromatic heterocycles. The van der Waals surface area contributed by atoms with Gasteiger partial charge in [-0.3, -0.25) is 4.79 Å². The fourth-order valence-corrected chi connectivity index (χ4v) is 3.55. The second kappa shape index (κ2) is 6.21. The Morgan fingerprint density at radius 3 is 3.04 bits per heavy atom. The number of aliphatic hydroxyl groups is 1. The number of β-amino-alcohol motifs (C(OH)–C–C–N with tert-alkyl or cyclic N) is 1. The maximum absolute atomic E-state index is 12.9. The summed E-state index contributed by atoms with van der Waals surface area (Å²) in [5, 5.41) is 18.9. The molecule has 1 aliphatic heterocycles. The lowest BCUT2D eigenvalue weighted by molar-refractivity contribution is -0.0258. The Morgan fingerprint density at radius 1 is 1.42 bits per heavy atom. The Kier molecular flexibility index (Phi) is 3.99. The molecule has 1 atom stereocenters. The summed E-state index contributed by atoms with van der Waals surface area (Å²) in [4.78, 5) is 18.9. The van der Waals surface area contributed by atoms with E-state index in [4.69, 9.17) is 4.42 Å². The van der Waals surface area contributed by atoms with Gasteiger partial charge in [-0.2, -0.15) is 0 Å². The zero-order valence-electron chi connectivity index (χ0n) is 14.8. The Morgan fingerprint density at radius 2 is 2.27 bits per heavy atom. The van der Waals surface area contributed by atoms with Crippen LogP contribution >= 0.6 is 0 Å². The number of likely N-dealkylation sites (tertiary alicyclic amines) is 1. The number of hydrogen-bond donors (Lipinski definition) is 1. The number of oxazole rings is 1. The molecule has 0 radical (unpaired) electrons. The zero-order chi connectivity index (χ0) is 18.3. The van der Waals surface area contributed by atoms with Crippen molar-refractivity contribution in [1.82, 2.24) is 24.6 Å². The van der Waals surface area contributed by atoms with Crippen LogP contribution in [0.2, 0.25) is 0 Å². The van der Waals surface area contributed by atoms with E-state index in [9.17, 15) is 9.90 Å². The van der Waals surface area contributed by atoms with Gasteiger partial charge in [-0.05, 0) is 31.0 Å². The lowest BCUT2D eigenvalue weighted by Crippen LogP contribution is -2.51. The summed E-state index contributed by atoms with van der Waals surface area (Å²) in [6, 6.07) is 5.26. The van der Waals surface area contributed by atoms with Crippen LogP contribution in [-0.2, 0) is 13.5 Å². The van der Waals surface area contributed by atoms with E-state index < -0.39 is 5.60 Å². The Labute approximate surface area is 150 Å². The monoisotopic (exact) mass is 355 g/mol. The molecule has 136 valence electrons. The molecular weight excluding hydrogens is 334 g/mol. The summed E-state index contributed by atoms with van der Waals surface area (Å²) < 4.78 is 7.31. The molecule has 0 bridgehead atoms. The largest absolute Gasteiger partial charge is 0.441 e. The number of hydrogen-bond acceptors (Lipinski definition) is 6. The average Bonchev–Trinajstić information content (AvgIpc) is 3.17. The van der Waals surface area contributed by atoms with E-state index in [0.29, 0.717) is 42.2 Å². The summed E-state index contributed by atoms with van der Waals surface area (Å²) in [6.07, 6.45) is 3.35. The fourth-order valence-electron chi connectivity index (χ4n) is 3.55. The van der Waals surface area contributed by atoms with Gasteiger partial charge in [-0.15, -0.1) is 10.2 Å². The smallest absolute Gasteiger partial charge is 0.254 e. The quantitative estimate of drug-likeness (QED) is 0.764. The normalized spacial score (nSPS) is 20.7. The van der Waals surface area contributed by atoms with Crippen LogP contribution in [0.5, 0.6) is 0 Å². The number of amides is 1. The zero-order valence-corrected chi connectivity index (χ0v) is 14.8. The molecule has 1 fully saturated rings. The van der Waals surface area contributed by atoms with Crippen molar-refractivity contribution in [2.24, 2.45) is 7.05 Å². The van der Waals surface area contributed by atoms with Crippen LogP contribution in [0.15, 0.2) is 28.9 Å². The van der Waals surface area contributed by atoms with Crippen LogP contribution in [0.3, 0.4) is 0 Å². The molecule has 8 heteroatoms. The molecule has 8 nitrogen and oxygen atoms in total. The van der Waals surface area contributed by atoms with Gasteiger partial charge in [0.05, 0.1) is 12.1 Å². The summed E-state index contributed by atoms with van der Waals surface area (Å²) in [6.45, 7) is 2.66. The minimum absolute atomic E-state index is 0.114. The second-order valence-electron chi connectivity index (χ2n) is 7.00. The number of carbonyl (C=O) groups excluding carboxylic acids is 1. The minimum atomic E-state index is -0.998. The van der Waals surface area contributed by atoms with E-state index in [1.165, 1.54) is 0 Å². The first-order valence-corrected chi connectivity index (χ1v) is 8.65. The predicted octanol–water partition coefficient (Wildman–Crippen LogP) is 1.47. The third-order valence-electron chi connectivity index (χ3n) is 4.88. The molecule has 1 saturated heterocycles. The van der Waals surface area contributed by atoms with Crippen molar-refractivity contribution >= 4 is 17.0 Å². The summed E-state index contributed by atoms with van der Waals surface area (Å²) in [5.41, 5.74) is 0.870.